The van der Waals surface area contributed by atoms with Crippen LogP contribution in [0.1, 0.15) is 39.5 Å². The molecule has 108 valence electrons. The first-order valence-corrected chi connectivity index (χ1v) is 7.84. The summed E-state index contributed by atoms with van der Waals surface area (Å²) in [5, 5.41) is 3.51. The van der Waals surface area contributed by atoms with Gasteiger partial charge in [-0.3, -0.25) is 0 Å². The van der Waals surface area contributed by atoms with E-state index in [1.807, 2.05) is 13.8 Å². The van der Waals surface area contributed by atoms with Gasteiger partial charge < -0.3 is 5.32 Å². The minimum atomic E-state index is -3.32. The molecule has 2 aliphatic rings. The topological polar surface area (TPSA) is 61.4 Å². The molecular formula is C11H24ClN3O2S. The Morgan fingerprint density at radius 1 is 1.22 bits per heavy atom. The van der Waals surface area contributed by atoms with Crippen LogP contribution in [0.4, 0.5) is 0 Å². The van der Waals surface area contributed by atoms with Crippen LogP contribution in [0.5, 0.6) is 0 Å². The average Bonchev–Trinajstić information content (AvgIpc) is 2.56. The molecule has 0 radical (unpaired) electrons. The van der Waals surface area contributed by atoms with Crippen molar-refractivity contribution < 1.29 is 8.42 Å². The fourth-order valence-corrected chi connectivity index (χ4v) is 4.06. The Labute approximate surface area is 116 Å². The van der Waals surface area contributed by atoms with Crippen LogP contribution in [0, 0.1) is 0 Å². The van der Waals surface area contributed by atoms with Gasteiger partial charge in [0.25, 0.3) is 10.2 Å². The SMILES string of the molecule is CC(C)N(C)S(=O)(=O)NC1CC2CCC(C1)N2.Cl. The molecule has 2 bridgehead atoms. The van der Waals surface area contributed by atoms with E-state index in [4.69, 9.17) is 0 Å². The highest BCUT2D eigenvalue weighted by Gasteiger charge is 2.36. The van der Waals surface area contributed by atoms with E-state index in [-0.39, 0.29) is 24.5 Å². The van der Waals surface area contributed by atoms with Gasteiger partial charge in [-0.05, 0) is 39.5 Å². The molecule has 0 spiro atoms. The van der Waals surface area contributed by atoms with Crippen LogP contribution in [0.25, 0.3) is 0 Å². The fraction of sp³-hybridized carbons (Fsp3) is 1.00. The second-order valence-electron chi connectivity index (χ2n) is 5.54. The van der Waals surface area contributed by atoms with Crippen molar-refractivity contribution in [3.8, 4) is 0 Å². The molecule has 2 atom stereocenters. The fourth-order valence-electron chi connectivity index (χ4n) is 2.72. The van der Waals surface area contributed by atoms with Gasteiger partial charge in [-0.1, -0.05) is 0 Å². The van der Waals surface area contributed by atoms with Crippen LogP contribution < -0.4 is 10.0 Å². The summed E-state index contributed by atoms with van der Waals surface area (Å²) >= 11 is 0. The molecule has 7 heteroatoms. The maximum atomic E-state index is 12.1. The molecular weight excluding hydrogens is 274 g/mol. The Morgan fingerprint density at radius 3 is 2.17 bits per heavy atom. The lowest BCUT2D eigenvalue weighted by molar-refractivity contribution is 0.331. The molecule has 2 aliphatic heterocycles. The Morgan fingerprint density at radius 2 is 1.72 bits per heavy atom. The molecule has 18 heavy (non-hydrogen) atoms. The van der Waals surface area contributed by atoms with Crippen molar-refractivity contribution in [3.63, 3.8) is 0 Å². The van der Waals surface area contributed by atoms with Gasteiger partial charge >= 0.3 is 0 Å². The Hall–Kier alpha value is 0.120. The number of nitrogens with one attached hydrogen (secondary N) is 2. The molecule has 2 heterocycles. The highest BCUT2D eigenvalue weighted by atomic mass is 35.5. The number of fused-ring (bicyclic) bond motifs is 2. The van der Waals surface area contributed by atoms with Crippen molar-refractivity contribution in [2.45, 2.75) is 63.7 Å². The van der Waals surface area contributed by atoms with E-state index in [2.05, 4.69) is 10.0 Å². The molecule has 2 rings (SSSR count). The van der Waals surface area contributed by atoms with E-state index >= 15 is 0 Å². The molecule has 2 N–H and O–H groups in total. The Balaban J connectivity index is 0.00000162. The van der Waals surface area contributed by atoms with Crippen molar-refractivity contribution in [1.82, 2.24) is 14.3 Å². The zero-order valence-corrected chi connectivity index (χ0v) is 12.9. The van der Waals surface area contributed by atoms with E-state index < -0.39 is 10.2 Å². The minimum absolute atomic E-state index is 0. The van der Waals surface area contributed by atoms with Crippen LogP contribution in [0.3, 0.4) is 0 Å². The minimum Gasteiger partial charge on any atom is -0.311 e. The predicted octanol–water partition coefficient (Wildman–Crippen LogP) is 0.866. The van der Waals surface area contributed by atoms with E-state index in [0.29, 0.717) is 12.1 Å². The van der Waals surface area contributed by atoms with E-state index in [9.17, 15) is 8.42 Å². The zero-order chi connectivity index (χ0) is 12.6. The third kappa shape index (κ3) is 3.57. The molecule has 0 aromatic carbocycles. The average molecular weight is 298 g/mol. The van der Waals surface area contributed by atoms with Crippen LogP contribution in [0.15, 0.2) is 0 Å². The quantitative estimate of drug-likeness (QED) is 0.809. The zero-order valence-electron chi connectivity index (χ0n) is 11.2. The predicted molar refractivity (Wildman–Crippen MR) is 75.2 cm³/mol. The standard InChI is InChI=1S/C11H23N3O2S.ClH/c1-8(2)14(3)17(15,16)13-11-6-9-4-5-10(7-11)12-9;/h8-13H,4-7H2,1-3H3;1H. The van der Waals surface area contributed by atoms with Crippen molar-refractivity contribution in [3.05, 3.63) is 0 Å². The van der Waals surface area contributed by atoms with Crippen LogP contribution in [-0.2, 0) is 10.2 Å². The lowest BCUT2D eigenvalue weighted by atomic mass is 10.0. The lowest BCUT2D eigenvalue weighted by Crippen LogP contribution is -2.52. The largest absolute Gasteiger partial charge is 0.311 e. The van der Waals surface area contributed by atoms with Gasteiger partial charge in [0, 0.05) is 31.2 Å². The second kappa shape index (κ2) is 6.05. The van der Waals surface area contributed by atoms with Crippen molar-refractivity contribution in [1.29, 1.82) is 0 Å². The number of nitrogens with zero attached hydrogens (tertiary/aromatic N) is 1. The van der Waals surface area contributed by atoms with Gasteiger partial charge in [0.1, 0.15) is 0 Å². The molecule has 0 aromatic rings. The van der Waals surface area contributed by atoms with Gasteiger partial charge in [-0.15, -0.1) is 12.4 Å². The Kier molecular flexibility index (Phi) is 5.44. The summed E-state index contributed by atoms with van der Waals surface area (Å²) in [5.41, 5.74) is 0. The number of piperidine rings is 1. The maximum absolute atomic E-state index is 12.1. The number of hydrogen-bond acceptors (Lipinski definition) is 3. The molecule has 2 saturated heterocycles. The third-order valence-electron chi connectivity index (χ3n) is 3.90. The highest BCUT2D eigenvalue weighted by molar-refractivity contribution is 7.87. The Bertz CT molecular complexity index is 362. The summed E-state index contributed by atoms with van der Waals surface area (Å²) in [6.45, 7) is 3.76. The molecule has 0 aromatic heterocycles. The van der Waals surface area contributed by atoms with E-state index in [1.165, 1.54) is 17.1 Å². The number of hydrogen-bond donors (Lipinski definition) is 2. The van der Waals surface area contributed by atoms with Crippen molar-refractivity contribution in [2.24, 2.45) is 0 Å². The highest BCUT2D eigenvalue weighted by Crippen LogP contribution is 2.27. The van der Waals surface area contributed by atoms with Crippen LogP contribution in [0.2, 0.25) is 0 Å². The molecule has 5 nitrogen and oxygen atoms in total. The van der Waals surface area contributed by atoms with Gasteiger partial charge in [-0.25, -0.2) is 0 Å². The summed E-state index contributed by atoms with van der Waals surface area (Å²) in [6, 6.07) is 1.10. The number of rotatable bonds is 4. The molecule has 2 fully saturated rings. The first kappa shape index (κ1) is 16.2. The normalized spacial score (nSPS) is 31.7. The summed E-state index contributed by atoms with van der Waals surface area (Å²) in [6.07, 6.45) is 4.20. The van der Waals surface area contributed by atoms with Gasteiger partial charge in [0.05, 0.1) is 0 Å². The van der Waals surface area contributed by atoms with Crippen LogP contribution in [-0.4, -0.2) is 43.9 Å². The molecule has 0 aliphatic carbocycles. The van der Waals surface area contributed by atoms with Crippen molar-refractivity contribution in [2.75, 3.05) is 7.05 Å². The molecule has 0 amide bonds. The van der Waals surface area contributed by atoms with Crippen molar-refractivity contribution >= 4 is 22.6 Å². The lowest BCUT2D eigenvalue weighted by Gasteiger charge is -2.31. The van der Waals surface area contributed by atoms with Gasteiger partial charge in [0.2, 0.25) is 0 Å². The second-order valence-corrected chi connectivity index (χ2v) is 7.30. The van der Waals surface area contributed by atoms with Gasteiger partial charge in [0.15, 0.2) is 0 Å². The van der Waals surface area contributed by atoms with E-state index in [0.717, 1.165) is 12.8 Å². The first-order chi connectivity index (χ1) is 7.88. The summed E-state index contributed by atoms with van der Waals surface area (Å²) in [7, 11) is -1.70. The monoisotopic (exact) mass is 297 g/mol. The molecule has 2 unspecified atom stereocenters. The smallest absolute Gasteiger partial charge is 0.279 e. The third-order valence-corrected chi connectivity index (χ3v) is 5.71. The van der Waals surface area contributed by atoms with E-state index in [1.54, 1.807) is 7.05 Å². The summed E-state index contributed by atoms with van der Waals surface area (Å²) in [4.78, 5) is 0. The summed E-state index contributed by atoms with van der Waals surface area (Å²) in [5.74, 6) is 0. The summed E-state index contributed by atoms with van der Waals surface area (Å²) < 4.78 is 28.4. The number of halogens is 1. The van der Waals surface area contributed by atoms with Gasteiger partial charge in [-0.2, -0.15) is 17.4 Å². The van der Waals surface area contributed by atoms with Crippen LogP contribution >= 0.6 is 12.4 Å². The maximum Gasteiger partial charge on any atom is 0.279 e. The molecule has 0 saturated carbocycles. The first-order valence-electron chi connectivity index (χ1n) is 6.40.